The summed E-state index contributed by atoms with van der Waals surface area (Å²) < 4.78 is 16.1. The van der Waals surface area contributed by atoms with Crippen molar-refractivity contribution >= 4 is 34.4 Å². The van der Waals surface area contributed by atoms with Crippen LogP contribution in [0.4, 0.5) is 16.2 Å². The smallest absolute Gasteiger partial charge is 0.414 e. The monoisotopic (exact) mass is 463 g/mol. The highest BCUT2D eigenvalue weighted by Crippen LogP contribution is 2.33. The number of aryl methyl sites for hydroxylation is 1. The number of fused-ring (bicyclic) bond motifs is 2. The molecule has 10 nitrogen and oxygen atoms in total. The first-order valence-electron chi connectivity index (χ1n) is 11.1. The number of benzene rings is 1. The van der Waals surface area contributed by atoms with Crippen molar-refractivity contribution in [2.75, 3.05) is 43.6 Å². The number of carbonyl (C=O) groups is 2. The van der Waals surface area contributed by atoms with E-state index in [-0.39, 0.29) is 18.6 Å². The van der Waals surface area contributed by atoms with Crippen LogP contribution in [0.2, 0.25) is 0 Å². The molecule has 0 radical (unpaired) electrons. The molecule has 1 atom stereocenters. The summed E-state index contributed by atoms with van der Waals surface area (Å²) in [6.45, 7) is 1.74. The SMILES string of the molecule is COc1ccc2nccc(CCCNCC3CN(c4ccc5c(c4)NC(=O)CO5)C(=O)O3)c2n1. The van der Waals surface area contributed by atoms with Crippen LogP contribution in [0.1, 0.15) is 12.0 Å². The molecule has 2 aliphatic rings. The van der Waals surface area contributed by atoms with Gasteiger partial charge in [0.1, 0.15) is 11.9 Å². The number of aromatic nitrogens is 2. The molecule has 0 aliphatic carbocycles. The van der Waals surface area contributed by atoms with Gasteiger partial charge >= 0.3 is 6.09 Å². The zero-order valence-corrected chi connectivity index (χ0v) is 18.7. The van der Waals surface area contributed by atoms with E-state index in [1.807, 2.05) is 12.1 Å². The van der Waals surface area contributed by atoms with Crippen LogP contribution < -0.4 is 25.0 Å². The Bertz CT molecular complexity index is 1230. The maximum atomic E-state index is 12.4. The zero-order valence-electron chi connectivity index (χ0n) is 18.7. The van der Waals surface area contributed by atoms with Gasteiger partial charge < -0.3 is 24.8 Å². The van der Waals surface area contributed by atoms with Crippen LogP contribution in [0, 0.1) is 0 Å². The number of carbonyl (C=O) groups excluding carboxylic acids is 2. The normalized spacial score (nSPS) is 17.2. The minimum atomic E-state index is -0.405. The van der Waals surface area contributed by atoms with Crippen molar-refractivity contribution in [3.8, 4) is 11.6 Å². The van der Waals surface area contributed by atoms with Crippen LogP contribution in [0.3, 0.4) is 0 Å². The maximum absolute atomic E-state index is 12.4. The van der Waals surface area contributed by atoms with Crippen LogP contribution >= 0.6 is 0 Å². The lowest BCUT2D eigenvalue weighted by molar-refractivity contribution is -0.118. The first kappa shape index (κ1) is 21.9. The maximum Gasteiger partial charge on any atom is 0.414 e. The lowest BCUT2D eigenvalue weighted by atomic mass is 10.1. The fourth-order valence-corrected chi connectivity index (χ4v) is 4.12. The summed E-state index contributed by atoms with van der Waals surface area (Å²) >= 11 is 0. The van der Waals surface area contributed by atoms with Crippen molar-refractivity contribution in [1.82, 2.24) is 15.3 Å². The molecule has 1 saturated heterocycles. The molecule has 4 heterocycles. The molecular formula is C24H25N5O5. The highest BCUT2D eigenvalue weighted by atomic mass is 16.6. The van der Waals surface area contributed by atoms with Gasteiger partial charge in [-0.2, -0.15) is 0 Å². The number of hydrogen-bond donors (Lipinski definition) is 2. The van der Waals surface area contributed by atoms with Crippen LogP contribution in [-0.2, 0) is 16.0 Å². The number of cyclic esters (lactones) is 1. The first-order valence-corrected chi connectivity index (χ1v) is 11.1. The molecule has 2 amide bonds. The Labute approximate surface area is 196 Å². The van der Waals surface area contributed by atoms with Gasteiger partial charge in [-0.1, -0.05) is 0 Å². The highest BCUT2D eigenvalue weighted by molar-refractivity contribution is 5.97. The predicted octanol–water partition coefficient (Wildman–Crippen LogP) is 2.52. The number of anilines is 2. The van der Waals surface area contributed by atoms with E-state index >= 15 is 0 Å². The summed E-state index contributed by atoms with van der Waals surface area (Å²) in [5.74, 6) is 0.941. The van der Waals surface area contributed by atoms with Crippen LogP contribution in [-0.4, -0.2) is 61.4 Å². The summed E-state index contributed by atoms with van der Waals surface area (Å²) in [4.78, 5) is 34.4. The Morgan fingerprint density at radius 3 is 3.03 bits per heavy atom. The van der Waals surface area contributed by atoms with Crippen LogP contribution in [0.15, 0.2) is 42.6 Å². The number of nitrogens with zero attached hydrogens (tertiary/aromatic N) is 3. The highest BCUT2D eigenvalue weighted by Gasteiger charge is 2.32. The Balaban J connectivity index is 1.12. The average Bonchev–Trinajstić information content (AvgIpc) is 3.23. The number of nitrogens with one attached hydrogen (secondary N) is 2. The third-order valence-electron chi connectivity index (χ3n) is 5.80. The molecule has 2 aromatic heterocycles. The van der Waals surface area contributed by atoms with E-state index in [1.165, 1.54) is 0 Å². The molecular weight excluding hydrogens is 438 g/mol. The summed E-state index contributed by atoms with van der Waals surface area (Å²) in [6, 6.07) is 11.0. The van der Waals surface area contributed by atoms with Gasteiger partial charge in [-0.3, -0.25) is 14.7 Å². The molecule has 0 saturated carbocycles. The van der Waals surface area contributed by atoms with Crippen molar-refractivity contribution in [2.45, 2.75) is 18.9 Å². The van der Waals surface area contributed by atoms with Gasteiger partial charge in [0.15, 0.2) is 6.61 Å². The largest absolute Gasteiger partial charge is 0.482 e. The average molecular weight is 463 g/mol. The molecule has 5 rings (SSSR count). The van der Waals surface area contributed by atoms with Crippen molar-refractivity contribution in [3.05, 3.63) is 48.2 Å². The summed E-state index contributed by atoms with van der Waals surface area (Å²) in [6.07, 6.45) is 2.86. The molecule has 2 N–H and O–H groups in total. The van der Waals surface area contributed by atoms with Gasteiger partial charge in [0.25, 0.3) is 5.91 Å². The minimum absolute atomic E-state index is 0.00602. The third kappa shape index (κ3) is 4.58. The van der Waals surface area contributed by atoms with E-state index in [1.54, 1.807) is 42.5 Å². The predicted molar refractivity (Wildman–Crippen MR) is 125 cm³/mol. The Hall–Kier alpha value is -3.92. The molecule has 10 heteroatoms. The second-order valence-electron chi connectivity index (χ2n) is 8.13. The van der Waals surface area contributed by atoms with Gasteiger partial charge in [-0.15, -0.1) is 0 Å². The van der Waals surface area contributed by atoms with Crippen molar-refractivity contribution in [1.29, 1.82) is 0 Å². The van der Waals surface area contributed by atoms with Crippen molar-refractivity contribution in [3.63, 3.8) is 0 Å². The van der Waals surface area contributed by atoms with E-state index < -0.39 is 6.09 Å². The molecule has 176 valence electrons. The number of hydrogen-bond acceptors (Lipinski definition) is 8. The lowest BCUT2D eigenvalue weighted by Gasteiger charge is -2.20. The topological polar surface area (TPSA) is 115 Å². The summed E-state index contributed by atoms with van der Waals surface area (Å²) in [5.41, 5.74) is 4.03. The van der Waals surface area contributed by atoms with Crippen LogP contribution in [0.25, 0.3) is 11.0 Å². The number of methoxy groups -OCH3 is 1. The number of amides is 2. The quantitative estimate of drug-likeness (QED) is 0.490. The molecule has 3 aromatic rings. The van der Waals surface area contributed by atoms with Gasteiger partial charge in [0, 0.05) is 24.5 Å². The number of pyridine rings is 2. The Kier molecular flexibility index (Phi) is 6.13. The molecule has 0 bridgehead atoms. The van der Waals surface area contributed by atoms with E-state index in [0.29, 0.717) is 36.1 Å². The molecule has 1 fully saturated rings. The van der Waals surface area contributed by atoms with Gasteiger partial charge in [-0.25, -0.2) is 9.78 Å². The van der Waals surface area contributed by atoms with E-state index in [2.05, 4.69) is 20.6 Å². The molecule has 2 aliphatic heterocycles. The number of rotatable bonds is 8. The second-order valence-corrected chi connectivity index (χ2v) is 8.13. The van der Waals surface area contributed by atoms with E-state index in [0.717, 1.165) is 36.0 Å². The van der Waals surface area contributed by atoms with Gasteiger partial charge in [-0.05, 0) is 55.3 Å². The molecule has 0 spiro atoms. The Morgan fingerprint density at radius 2 is 2.15 bits per heavy atom. The minimum Gasteiger partial charge on any atom is -0.482 e. The first-order chi connectivity index (χ1) is 16.6. The van der Waals surface area contributed by atoms with E-state index in [4.69, 9.17) is 14.2 Å². The van der Waals surface area contributed by atoms with Crippen LogP contribution in [0.5, 0.6) is 11.6 Å². The number of ether oxygens (including phenoxy) is 3. The Morgan fingerprint density at radius 1 is 1.24 bits per heavy atom. The molecule has 1 aromatic carbocycles. The van der Waals surface area contributed by atoms with Crippen molar-refractivity contribution in [2.24, 2.45) is 0 Å². The molecule has 34 heavy (non-hydrogen) atoms. The van der Waals surface area contributed by atoms with Gasteiger partial charge in [0.2, 0.25) is 5.88 Å². The standard InChI is InChI=1S/C24H25N5O5/c1-32-22-7-5-18-23(28-22)15(8-10-26-18)3-2-9-25-12-17-13-29(24(31)34-17)16-4-6-20-19(11-16)27-21(30)14-33-20/h4-8,10-11,17,25H,2-3,9,12-14H2,1H3,(H,27,30). The van der Waals surface area contributed by atoms with Gasteiger partial charge in [0.05, 0.1) is 30.4 Å². The van der Waals surface area contributed by atoms with Crippen molar-refractivity contribution < 1.29 is 23.8 Å². The zero-order chi connectivity index (χ0) is 23.5. The van der Waals surface area contributed by atoms with E-state index in [9.17, 15) is 9.59 Å². The summed E-state index contributed by atoms with van der Waals surface area (Å²) in [5, 5.41) is 6.13. The third-order valence-corrected chi connectivity index (χ3v) is 5.80. The fourth-order valence-electron chi connectivity index (χ4n) is 4.12. The lowest BCUT2D eigenvalue weighted by Crippen LogP contribution is -2.31. The fraction of sp³-hybridized carbons (Fsp3) is 0.333. The second kappa shape index (κ2) is 9.52. The molecule has 1 unspecified atom stereocenters. The summed E-state index contributed by atoms with van der Waals surface area (Å²) in [7, 11) is 1.60.